The Labute approximate surface area is 353 Å². The van der Waals surface area contributed by atoms with E-state index in [9.17, 15) is 0 Å². The molecule has 0 fully saturated rings. The molecule has 284 valence electrons. The van der Waals surface area contributed by atoms with E-state index in [-0.39, 0.29) is 6.17 Å². The van der Waals surface area contributed by atoms with Crippen molar-refractivity contribution < 1.29 is 0 Å². The molecule has 0 bridgehead atoms. The lowest BCUT2D eigenvalue weighted by Gasteiger charge is -2.28. The van der Waals surface area contributed by atoms with Crippen molar-refractivity contribution in [2.24, 2.45) is 9.98 Å². The van der Waals surface area contributed by atoms with Crippen LogP contribution in [-0.2, 0) is 0 Å². The van der Waals surface area contributed by atoms with Crippen LogP contribution in [0.1, 0.15) is 22.9 Å². The van der Waals surface area contributed by atoms with Gasteiger partial charge in [0.1, 0.15) is 12.0 Å². The predicted octanol–water partition coefficient (Wildman–Crippen LogP) is 14.5. The first-order chi connectivity index (χ1) is 29.7. The molecule has 0 saturated carbocycles. The third-order valence-corrected chi connectivity index (χ3v) is 12.4. The van der Waals surface area contributed by atoms with Crippen molar-refractivity contribution in [3.05, 3.63) is 235 Å². The minimum absolute atomic E-state index is 0.278. The van der Waals surface area contributed by atoms with E-state index in [2.05, 4.69) is 223 Å². The average Bonchev–Trinajstić information content (AvgIpc) is 3.71. The van der Waals surface area contributed by atoms with Crippen LogP contribution in [0.3, 0.4) is 0 Å². The lowest BCUT2D eigenvalue weighted by Crippen LogP contribution is -2.33. The Kier molecular flexibility index (Phi) is 9.06. The molecule has 1 aliphatic rings. The van der Waals surface area contributed by atoms with E-state index in [1.165, 1.54) is 53.2 Å². The lowest BCUT2D eigenvalue weighted by molar-refractivity contribution is 0.674. The Morgan fingerprint density at radius 3 is 1.92 bits per heavy atom. The summed E-state index contributed by atoms with van der Waals surface area (Å²) in [6.07, 6.45) is -0.278. The maximum absolute atomic E-state index is 5.25. The zero-order valence-corrected chi connectivity index (χ0v) is 33.4. The highest BCUT2D eigenvalue weighted by atomic mass is 32.1. The number of hydrogen-bond acceptors (Lipinski definition) is 5. The number of thiophene rings is 1. The van der Waals surface area contributed by atoms with E-state index in [1.54, 1.807) is 0 Å². The lowest BCUT2D eigenvalue weighted by atomic mass is 9.99. The van der Waals surface area contributed by atoms with Gasteiger partial charge in [-0.1, -0.05) is 170 Å². The summed E-state index contributed by atoms with van der Waals surface area (Å²) in [4.78, 5) is 12.8. The molecule has 0 aliphatic carbocycles. The second kappa shape index (κ2) is 15.3. The van der Waals surface area contributed by atoms with Crippen LogP contribution in [0, 0.1) is 0 Å². The summed E-state index contributed by atoms with van der Waals surface area (Å²) in [6, 6.07) is 77.6. The molecule has 60 heavy (non-hydrogen) atoms. The largest absolute Gasteiger partial charge is 0.344 e. The van der Waals surface area contributed by atoms with Gasteiger partial charge in [0.05, 0.1) is 5.69 Å². The molecule has 1 N–H and O–H groups in total. The van der Waals surface area contributed by atoms with Gasteiger partial charge in [0.2, 0.25) is 0 Å². The van der Waals surface area contributed by atoms with Gasteiger partial charge in [0.25, 0.3) is 0 Å². The van der Waals surface area contributed by atoms with Gasteiger partial charge in [-0.2, -0.15) is 0 Å². The van der Waals surface area contributed by atoms with Crippen LogP contribution in [0.15, 0.2) is 228 Å². The summed E-state index contributed by atoms with van der Waals surface area (Å²) in [5.74, 6) is 1.55. The summed E-state index contributed by atoms with van der Waals surface area (Å²) in [7, 11) is 0. The van der Waals surface area contributed by atoms with Crippen LogP contribution >= 0.6 is 11.3 Å². The molecule has 11 rings (SSSR count). The van der Waals surface area contributed by atoms with Crippen LogP contribution in [-0.4, -0.2) is 11.7 Å². The second-order valence-electron chi connectivity index (χ2n) is 15.0. The number of anilines is 3. The van der Waals surface area contributed by atoms with E-state index in [1.807, 2.05) is 17.4 Å². The third kappa shape index (κ3) is 6.61. The predicted molar refractivity (Wildman–Crippen MR) is 254 cm³/mol. The van der Waals surface area contributed by atoms with E-state index >= 15 is 0 Å². The summed E-state index contributed by atoms with van der Waals surface area (Å²) in [6.45, 7) is 0. The molecule has 5 heteroatoms. The first-order valence-corrected chi connectivity index (χ1v) is 21.1. The Morgan fingerprint density at radius 1 is 0.450 bits per heavy atom. The third-order valence-electron chi connectivity index (χ3n) is 11.3. The van der Waals surface area contributed by atoms with Gasteiger partial charge < -0.3 is 10.2 Å². The van der Waals surface area contributed by atoms with Gasteiger partial charge in [-0.3, -0.25) is 0 Å². The molecule has 9 aromatic carbocycles. The number of hydrogen-bond donors (Lipinski definition) is 1. The van der Waals surface area contributed by atoms with Crippen LogP contribution < -0.4 is 10.2 Å². The van der Waals surface area contributed by atoms with Crippen molar-refractivity contribution in [3.63, 3.8) is 0 Å². The van der Waals surface area contributed by atoms with Crippen molar-refractivity contribution >= 4 is 71.0 Å². The number of nitrogens with one attached hydrogen (secondary N) is 1. The van der Waals surface area contributed by atoms with Crippen molar-refractivity contribution in [3.8, 4) is 22.3 Å². The van der Waals surface area contributed by atoms with Gasteiger partial charge >= 0.3 is 0 Å². The number of amidine groups is 2. The first-order valence-electron chi connectivity index (χ1n) is 20.3. The van der Waals surface area contributed by atoms with Crippen LogP contribution in [0.25, 0.3) is 53.2 Å². The maximum atomic E-state index is 5.25. The van der Waals surface area contributed by atoms with Crippen molar-refractivity contribution in [2.75, 3.05) is 4.90 Å². The minimum atomic E-state index is -0.278. The molecule has 10 aromatic rings. The highest BCUT2D eigenvalue weighted by molar-refractivity contribution is 7.26. The molecule has 1 aliphatic heterocycles. The van der Waals surface area contributed by atoms with E-state index in [0.717, 1.165) is 45.4 Å². The van der Waals surface area contributed by atoms with Crippen molar-refractivity contribution in [1.29, 1.82) is 0 Å². The molecule has 4 nitrogen and oxygen atoms in total. The normalized spacial score (nSPS) is 13.8. The summed E-state index contributed by atoms with van der Waals surface area (Å²) >= 11 is 1.83. The van der Waals surface area contributed by atoms with Gasteiger partial charge in [-0.25, -0.2) is 9.98 Å². The molecule has 0 saturated heterocycles. The zero-order valence-electron chi connectivity index (χ0n) is 32.6. The van der Waals surface area contributed by atoms with Crippen LogP contribution in [0.2, 0.25) is 0 Å². The van der Waals surface area contributed by atoms with Crippen molar-refractivity contribution in [1.82, 2.24) is 5.32 Å². The minimum Gasteiger partial charge on any atom is -0.344 e. The molecular formula is C55H38N4S. The number of nitrogens with zero attached hydrogens (tertiary/aromatic N) is 3. The Morgan fingerprint density at radius 2 is 1.10 bits per heavy atom. The number of rotatable bonds is 8. The maximum Gasteiger partial charge on any atom is 0.159 e. The zero-order chi connectivity index (χ0) is 39.8. The second-order valence-corrected chi connectivity index (χ2v) is 16.1. The smallest absolute Gasteiger partial charge is 0.159 e. The molecule has 2 heterocycles. The summed E-state index contributed by atoms with van der Waals surface area (Å²) in [5, 5.41) is 8.51. The molecule has 0 spiro atoms. The molecule has 1 aromatic heterocycles. The topological polar surface area (TPSA) is 40.0 Å². The van der Waals surface area contributed by atoms with Crippen molar-refractivity contribution in [2.45, 2.75) is 6.17 Å². The number of fused-ring (bicyclic) bond motifs is 4. The number of benzene rings is 9. The average molecular weight is 787 g/mol. The number of para-hydroxylation sites is 2. The van der Waals surface area contributed by atoms with Gasteiger partial charge in [-0.05, 0) is 81.6 Å². The standard InChI is InChI=1S/C55H38N4S/c1-4-16-39(17-5-1)46-23-12-13-25-49(46)59(44-21-8-3-9-22-44)45-32-29-38(30-33-45)42-31-34-47-51(36-42)60-50-26-14-24-48(52(47)50)55-57-53(40-18-6-2-7-19-40)56-54(58-55)43-28-27-37-15-10-11-20-41(37)35-43/h1-36,53H,(H,56,57,58). The number of aliphatic imine (C=N–C) groups is 2. The first kappa shape index (κ1) is 35.6. The van der Waals surface area contributed by atoms with Crippen LogP contribution in [0.5, 0.6) is 0 Å². The van der Waals surface area contributed by atoms with Gasteiger partial charge in [0.15, 0.2) is 5.84 Å². The fourth-order valence-corrected chi connectivity index (χ4v) is 9.56. The van der Waals surface area contributed by atoms with E-state index in [4.69, 9.17) is 9.98 Å². The molecule has 0 amide bonds. The molecular weight excluding hydrogens is 749 g/mol. The summed E-state index contributed by atoms with van der Waals surface area (Å²) < 4.78 is 2.46. The molecule has 1 unspecified atom stereocenters. The fraction of sp³-hybridized carbons (Fsp3) is 0.0182. The van der Waals surface area contributed by atoms with Gasteiger partial charge in [-0.15, -0.1) is 11.3 Å². The fourth-order valence-electron chi connectivity index (χ4n) is 8.39. The van der Waals surface area contributed by atoms with Gasteiger partial charge in [0, 0.05) is 48.2 Å². The van der Waals surface area contributed by atoms with Crippen LogP contribution in [0.4, 0.5) is 17.1 Å². The van der Waals surface area contributed by atoms with E-state index < -0.39 is 0 Å². The summed E-state index contributed by atoms with van der Waals surface area (Å²) in [5.41, 5.74) is 11.2. The molecule has 1 atom stereocenters. The monoisotopic (exact) mass is 786 g/mol. The quantitative estimate of drug-likeness (QED) is 0.167. The SMILES string of the molecule is c1ccc(-c2ccccc2N(c2ccccc2)c2ccc(-c3ccc4c(c3)sc3cccc(C5=NC(c6ccc7ccccc7c6)=NC(c6ccccc6)N5)c34)cc2)cc1. The Bertz CT molecular complexity index is 3230. The highest BCUT2D eigenvalue weighted by Gasteiger charge is 2.24. The Balaban J connectivity index is 0.966. The molecule has 0 radical (unpaired) electrons. The van der Waals surface area contributed by atoms with E-state index in [0.29, 0.717) is 0 Å². The highest BCUT2D eigenvalue weighted by Crippen LogP contribution is 2.42. The Hall–Kier alpha value is -7.60.